The highest BCUT2D eigenvalue weighted by molar-refractivity contribution is 7.99. The summed E-state index contributed by atoms with van der Waals surface area (Å²) in [6.07, 6.45) is 0. The van der Waals surface area contributed by atoms with Gasteiger partial charge in [-0.3, -0.25) is 9.59 Å². The highest BCUT2D eigenvalue weighted by Gasteiger charge is 2.13. The molecule has 0 atom stereocenters. The molecule has 3 aromatic rings. The van der Waals surface area contributed by atoms with Crippen LogP contribution < -0.4 is 15.4 Å². The van der Waals surface area contributed by atoms with Crippen molar-refractivity contribution in [3.63, 3.8) is 0 Å². The highest BCUT2D eigenvalue weighted by atomic mass is 32.2. The quantitative estimate of drug-likeness (QED) is 0.520. The number of para-hydroxylation sites is 1. The van der Waals surface area contributed by atoms with E-state index >= 15 is 0 Å². The van der Waals surface area contributed by atoms with Crippen LogP contribution in [-0.4, -0.2) is 32.3 Å². The molecule has 0 fully saturated rings. The molecule has 1 aromatic heterocycles. The van der Waals surface area contributed by atoms with Crippen molar-refractivity contribution >= 4 is 35.0 Å². The molecule has 0 aliphatic rings. The average molecular weight is 440 g/mol. The molecule has 2 aromatic carbocycles. The van der Waals surface area contributed by atoms with Crippen molar-refractivity contribution in [2.24, 2.45) is 7.05 Å². The Morgan fingerprint density at radius 1 is 1.00 bits per heavy atom. The summed E-state index contributed by atoms with van der Waals surface area (Å²) in [6.45, 7) is 5.75. The zero-order valence-corrected chi connectivity index (χ0v) is 18.7. The van der Waals surface area contributed by atoms with Gasteiger partial charge in [-0.2, -0.15) is 0 Å². The third kappa shape index (κ3) is 6.08. The molecule has 8 nitrogen and oxygen atoms in total. The smallest absolute Gasteiger partial charge is 0.234 e. The first kappa shape index (κ1) is 22.4. The molecule has 0 aliphatic carbocycles. The Morgan fingerprint density at radius 3 is 2.23 bits per heavy atom. The second-order valence-corrected chi connectivity index (χ2v) is 8.01. The van der Waals surface area contributed by atoms with Crippen LogP contribution in [0.3, 0.4) is 0 Å². The molecular weight excluding hydrogens is 414 g/mol. The van der Waals surface area contributed by atoms with Gasteiger partial charge in [0.05, 0.1) is 5.75 Å². The van der Waals surface area contributed by atoms with Crippen molar-refractivity contribution in [3.05, 3.63) is 59.4 Å². The van der Waals surface area contributed by atoms with Gasteiger partial charge in [0.15, 0.2) is 11.0 Å². The molecular formula is C22H25N5O3S. The van der Waals surface area contributed by atoms with Gasteiger partial charge in [0, 0.05) is 25.3 Å². The zero-order chi connectivity index (χ0) is 22.4. The lowest BCUT2D eigenvalue weighted by atomic mass is 10.1. The van der Waals surface area contributed by atoms with E-state index in [1.807, 2.05) is 43.7 Å². The Hall–Kier alpha value is -3.33. The molecule has 162 valence electrons. The lowest BCUT2D eigenvalue weighted by Crippen LogP contribution is -2.14. The second kappa shape index (κ2) is 10.1. The van der Waals surface area contributed by atoms with Crippen molar-refractivity contribution in [1.82, 2.24) is 14.8 Å². The minimum atomic E-state index is -0.159. The number of ether oxygens (including phenoxy) is 1. The first-order valence-corrected chi connectivity index (χ1v) is 10.7. The summed E-state index contributed by atoms with van der Waals surface area (Å²) in [4.78, 5) is 23.3. The lowest BCUT2D eigenvalue weighted by Gasteiger charge is -2.11. The molecule has 0 saturated heterocycles. The third-order valence-electron chi connectivity index (χ3n) is 4.50. The van der Waals surface area contributed by atoms with Gasteiger partial charge in [-0.15, -0.1) is 10.2 Å². The summed E-state index contributed by atoms with van der Waals surface area (Å²) in [6, 6.07) is 12.9. The van der Waals surface area contributed by atoms with Crippen LogP contribution in [0.25, 0.3) is 0 Å². The minimum absolute atomic E-state index is 0.143. The van der Waals surface area contributed by atoms with Crippen LogP contribution in [0.4, 0.5) is 11.4 Å². The molecule has 0 saturated carbocycles. The van der Waals surface area contributed by atoms with Crippen LogP contribution in [0.15, 0.2) is 47.6 Å². The maximum Gasteiger partial charge on any atom is 0.234 e. The van der Waals surface area contributed by atoms with Crippen molar-refractivity contribution in [2.45, 2.75) is 32.5 Å². The van der Waals surface area contributed by atoms with Crippen molar-refractivity contribution in [2.75, 3.05) is 16.4 Å². The van der Waals surface area contributed by atoms with E-state index in [9.17, 15) is 9.59 Å². The van der Waals surface area contributed by atoms with Gasteiger partial charge in [0.2, 0.25) is 11.8 Å². The fourth-order valence-electron chi connectivity index (χ4n) is 2.93. The monoisotopic (exact) mass is 439 g/mol. The minimum Gasteiger partial charge on any atom is -0.485 e. The van der Waals surface area contributed by atoms with Crippen molar-refractivity contribution in [1.29, 1.82) is 0 Å². The van der Waals surface area contributed by atoms with E-state index < -0.39 is 0 Å². The van der Waals surface area contributed by atoms with Crippen LogP contribution in [0, 0.1) is 13.8 Å². The number of aryl methyl sites for hydroxylation is 2. The Balaban J connectivity index is 1.52. The van der Waals surface area contributed by atoms with Crippen LogP contribution in [0.5, 0.6) is 5.75 Å². The summed E-state index contributed by atoms with van der Waals surface area (Å²) in [5.74, 6) is 1.42. The normalized spacial score (nSPS) is 10.6. The predicted molar refractivity (Wildman–Crippen MR) is 121 cm³/mol. The number of nitrogens with zero attached hydrogens (tertiary/aromatic N) is 3. The van der Waals surface area contributed by atoms with Gasteiger partial charge < -0.3 is 19.9 Å². The summed E-state index contributed by atoms with van der Waals surface area (Å²) in [7, 11) is 1.85. The largest absolute Gasteiger partial charge is 0.485 e. The number of benzene rings is 2. The highest BCUT2D eigenvalue weighted by Crippen LogP contribution is 2.24. The number of anilines is 2. The first-order chi connectivity index (χ1) is 14.8. The van der Waals surface area contributed by atoms with Crippen molar-refractivity contribution in [3.8, 4) is 5.75 Å². The summed E-state index contributed by atoms with van der Waals surface area (Å²) >= 11 is 1.30. The van der Waals surface area contributed by atoms with E-state index in [-0.39, 0.29) is 17.6 Å². The average Bonchev–Trinajstić information content (AvgIpc) is 3.07. The fraction of sp³-hybridized carbons (Fsp3) is 0.273. The maximum absolute atomic E-state index is 12.3. The lowest BCUT2D eigenvalue weighted by molar-refractivity contribution is -0.114. The van der Waals surface area contributed by atoms with E-state index in [4.69, 9.17) is 4.74 Å². The van der Waals surface area contributed by atoms with Gasteiger partial charge in [0.1, 0.15) is 12.4 Å². The Bertz CT molecular complexity index is 1060. The molecule has 31 heavy (non-hydrogen) atoms. The van der Waals surface area contributed by atoms with E-state index in [1.165, 1.54) is 18.7 Å². The topological polar surface area (TPSA) is 98.1 Å². The fourth-order valence-corrected chi connectivity index (χ4v) is 3.66. The number of carbonyl (C=O) groups excluding carboxylic acids is 2. The summed E-state index contributed by atoms with van der Waals surface area (Å²) in [5.41, 5.74) is 3.46. The molecule has 1 heterocycles. The Kier molecular flexibility index (Phi) is 7.30. The number of hydrogen-bond donors (Lipinski definition) is 2. The number of aromatic nitrogens is 3. The van der Waals surface area contributed by atoms with E-state index in [0.29, 0.717) is 29.0 Å². The molecule has 0 aliphatic heterocycles. The number of hydrogen-bond acceptors (Lipinski definition) is 6. The van der Waals surface area contributed by atoms with Crippen molar-refractivity contribution < 1.29 is 14.3 Å². The number of nitrogens with one attached hydrogen (secondary N) is 2. The molecule has 0 unspecified atom stereocenters. The number of thioether (sulfide) groups is 1. The number of amides is 2. The molecule has 2 amide bonds. The molecule has 0 bridgehead atoms. The van der Waals surface area contributed by atoms with Crippen LogP contribution in [0.2, 0.25) is 0 Å². The first-order valence-electron chi connectivity index (χ1n) is 9.71. The standard InChI is InChI=1S/C22H25N5O3S/c1-14-6-5-7-15(2)21(14)30-12-19-25-26-22(27(19)4)31-13-20(29)24-18-10-8-17(9-11-18)23-16(3)28/h5-11H,12-13H2,1-4H3,(H,23,28)(H,24,29). The molecule has 2 N–H and O–H groups in total. The van der Waals surface area contributed by atoms with Gasteiger partial charge in [-0.05, 0) is 49.2 Å². The van der Waals surface area contributed by atoms with Gasteiger partial charge in [-0.1, -0.05) is 30.0 Å². The molecule has 0 radical (unpaired) electrons. The third-order valence-corrected chi connectivity index (χ3v) is 5.52. The Labute approximate surface area is 185 Å². The van der Waals surface area contributed by atoms with Gasteiger partial charge in [-0.25, -0.2) is 0 Å². The van der Waals surface area contributed by atoms with E-state index in [0.717, 1.165) is 16.9 Å². The number of carbonyl (C=O) groups is 2. The summed E-state index contributed by atoms with van der Waals surface area (Å²) < 4.78 is 7.78. The molecule has 3 rings (SSSR count). The van der Waals surface area contributed by atoms with E-state index in [2.05, 4.69) is 20.8 Å². The van der Waals surface area contributed by atoms with Crippen LogP contribution in [0.1, 0.15) is 23.9 Å². The van der Waals surface area contributed by atoms with Crippen LogP contribution in [-0.2, 0) is 23.2 Å². The van der Waals surface area contributed by atoms with E-state index in [1.54, 1.807) is 24.3 Å². The predicted octanol–water partition coefficient (Wildman–Crippen LogP) is 3.70. The maximum atomic E-state index is 12.3. The van der Waals surface area contributed by atoms with Crippen LogP contribution >= 0.6 is 11.8 Å². The Morgan fingerprint density at radius 2 is 1.61 bits per heavy atom. The van der Waals surface area contributed by atoms with Gasteiger partial charge in [0.25, 0.3) is 0 Å². The number of rotatable bonds is 8. The second-order valence-electron chi connectivity index (χ2n) is 7.06. The molecule has 9 heteroatoms. The van der Waals surface area contributed by atoms with Gasteiger partial charge >= 0.3 is 0 Å². The zero-order valence-electron chi connectivity index (χ0n) is 17.9. The summed E-state index contributed by atoms with van der Waals surface area (Å²) in [5, 5.41) is 14.5. The molecule has 0 spiro atoms. The SMILES string of the molecule is CC(=O)Nc1ccc(NC(=O)CSc2nnc(COc3c(C)cccc3C)n2C)cc1.